The largest absolute Gasteiger partial charge is 0.325 e. The van der Waals surface area contributed by atoms with Crippen molar-refractivity contribution in [2.24, 2.45) is 5.73 Å². The molecule has 1 heterocycles. The minimum absolute atomic E-state index is 0.212. The topological polar surface area (TPSA) is 68.0 Å². The van der Waals surface area contributed by atoms with E-state index in [-0.39, 0.29) is 5.91 Å². The van der Waals surface area contributed by atoms with Crippen LogP contribution in [0.4, 0.5) is 5.69 Å². The number of carbonyl (C=O) groups excluding carboxylic acids is 1. The van der Waals surface area contributed by atoms with Crippen molar-refractivity contribution in [2.75, 3.05) is 5.32 Å². The number of carbonyl (C=O) groups is 1. The van der Waals surface area contributed by atoms with Gasteiger partial charge in [-0.05, 0) is 22.9 Å². The van der Waals surface area contributed by atoms with Crippen LogP contribution in [0.15, 0.2) is 47.8 Å². The van der Waals surface area contributed by atoms with Gasteiger partial charge in [0.05, 0.1) is 0 Å². The number of rotatable bonds is 3. The van der Waals surface area contributed by atoms with Crippen LogP contribution in [0, 0.1) is 0 Å². The van der Waals surface area contributed by atoms with Gasteiger partial charge >= 0.3 is 0 Å². The Kier molecular flexibility index (Phi) is 3.45. The minimum Gasteiger partial charge on any atom is -0.325 e. The molecule has 0 radical (unpaired) electrons. The molecule has 0 bridgehead atoms. The zero-order chi connectivity index (χ0) is 13.9. The molecule has 0 aliphatic rings. The fraction of sp³-hybridized carbons (Fsp3) is 0.0667. The number of nitrogens with zero attached hydrogens (tertiary/aromatic N) is 1. The van der Waals surface area contributed by atoms with Crippen molar-refractivity contribution in [1.82, 2.24) is 4.98 Å². The number of thiazole rings is 1. The maximum absolute atomic E-state index is 12.1. The Bertz CT molecular complexity index is 766. The van der Waals surface area contributed by atoms with Crippen LogP contribution in [0.2, 0.25) is 0 Å². The van der Waals surface area contributed by atoms with E-state index in [2.05, 4.69) is 10.3 Å². The Morgan fingerprint density at radius 3 is 2.75 bits per heavy atom. The van der Waals surface area contributed by atoms with E-state index >= 15 is 0 Å². The summed E-state index contributed by atoms with van der Waals surface area (Å²) in [6.07, 6.45) is 0. The molecule has 3 N–H and O–H groups in total. The molecule has 20 heavy (non-hydrogen) atoms. The van der Waals surface area contributed by atoms with Gasteiger partial charge in [0.15, 0.2) is 0 Å². The zero-order valence-electron chi connectivity index (χ0n) is 10.7. The Balaban J connectivity index is 1.83. The van der Waals surface area contributed by atoms with Crippen LogP contribution in [-0.4, -0.2) is 10.9 Å². The normalized spacial score (nSPS) is 10.7. The number of benzene rings is 2. The maximum Gasteiger partial charge on any atom is 0.275 e. The summed E-state index contributed by atoms with van der Waals surface area (Å²) >= 11 is 1.39. The summed E-state index contributed by atoms with van der Waals surface area (Å²) in [7, 11) is 0. The highest BCUT2D eigenvalue weighted by molar-refractivity contribution is 7.09. The highest BCUT2D eigenvalue weighted by atomic mass is 32.1. The minimum atomic E-state index is -0.212. The average molecular weight is 283 g/mol. The van der Waals surface area contributed by atoms with Gasteiger partial charge in [0.25, 0.3) is 5.91 Å². The molecular weight excluding hydrogens is 270 g/mol. The summed E-state index contributed by atoms with van der Waals surface area (Å²) < 4.78 is 0. The van der Waals surface area contributed by atoms with Crippen molar-refractivity contribution in [3.8, 4) is 0 Å². The number of anilines is 1. The van der Waals surface area contributed by atoms with Gasteiger partial charge in [0.2, 0.25) is 0 Å². The first-order valence-electron chi connectivity index (χ1n) is 6.21. The average Bonchev–Trinajstić information content (AvgIpc) is 2.96. The summed E-state index contributed by atoms with van der Waals surface area (Å²) in [6, 6.07) is 13.8. The van der Waals surface area contributed by atoms with Crippen molar-refractivity contribution < 1.29 is 4.79 Å². The van der Waals surface area contributed by atoms with Gasteiger partial charge < -0.3 is 11.1 Å². The molecule has 0 atom stereocenters. The highest BCUT2D eigenvalue weighted by Gasteiger charge is 2.10. The summed E-state index contributed by atoms with van der Waals surface area (Å²) in [5, 5.41) is 7.56. The van der Waals surface area contributed by atoms with Crippen LogP contribution in [0.5, 0.6) is 0 Å². The lowest BCUT2D eigenvalue weighted by Crippen LogP contribution is -2.12. The number of nitrogens with two attached hydrogens (primary N) is 1. The van der Waals surface area contributed by atoms with E-state index in [1.165, 1.54) is 11.3 Å². The number of amides is 1. The van der Waals surface area contributed by atoms with E-state index < -0.39 is 0 Å². The molecule has 3 aromatic rings. The molecule has 1 aromatic heterocycles. The van der Waals surface area contributed by atoms with Crippen LogP contribution < -0.4 is 11.1 Å². The van der Waals surface area contributed by atoms with Crippen molar-refractivity contribution >= 4 is 33.7 Å². The molecule has 4 nitrogen and oxygen atoms in total. The second-order valence-electron chi connectivity index (χ2n) is 4.35. The van der Waals surface area contributed by atoms with Gasteiger partial charge in [-0.2, -0.15) is 0 Å². The molecule has 0 aliphatic carbocycles. The molecule has 0 saturated carbocycles. The molecule has 3 rings (SSSR count). The second-order valence-corrected chi connectivity index (χ2v) is 5.29. The number of aromatic nitrogens is 1. The fourth-order valence-corrected chi connectivity index (χ4v) is 2.63. The Morgan fingerprint density at radius 1 is 1.20 bits per heavy atom. The van der Waals surface area contributed by atoms with Crippen molar-refractivity contribution in [1.29, 1.82) is 0 Å². The van der Waals surface area contributed by atoms with E-state index in [1.54, 1.807) is 5.38 Å². The third-order valence-electron chi connectivity index (χ3n) is 2.97. The molecule has 0 aliphatic heterocycles. The molecule has 5 heteroatoms. The number of hydrogen-bond acceptors (Lipinski definition) is 4. The first-order chi connectivity index (χ1) is 9.76. The Morgan fingerprint density at radius 2 is 2.00 bits per heavy atom. The zero-order valence-corrected chi connectivity index (χ0v) is 11.5. The molecule has 100 valence electrons. The summed E-state index contributed by atoms with van der Waals surface area (Å²) in [5.41, 5.74) is 6.66. The number of fused-ring (bicyclic) bond motifs is 1. The van der Waals surface area contributed by atoms with Crippen LogP contribution >= 0.6 is 11.3 Å². The number of hydrogen-bond donors (Lipinski definition) is 2. The molecule has 0 saturated heterocycles. The van der Waals surface area contributed by atoms with Crippen LogP contribution in [0.1, 0.15) is 15.5 Å². The van der Waals surface area contributed by atoms with Crippen LogP contribution in [0.3, 0.4) is 0 Å². The standard InChI is InChI=1S/C15H13N3OS/c16-8-14-18-13(9-20-14)15(19)17-12-6-5-10-3-1-2-4-11(10)7-12/h1-7,9H,8,16H2,(H,17,19). The van der Waals surface area contributed by atoms with Gasteiger partial charge in [-0.1, -0.05) is 30.3 Å². The van der Waals surface area contributed by atoms with Gasteiger partial charge in [-0.25, -0.2) is 4.98 Å². The second kappa shape index (κ2) is 5.40. The third kappa shape index (κ3) is 2.54. The Hall–Kier alpha value is -2.24. The summed E-state index contributed by atoms with van der Waals surface area (Å²) in [4.78, 5) is 16.2. The third-order valence-corrected chi connectivity index (χ3v) is 3.84. The molecule has 2 aromatic carbocycles. The predicted molar refractivity (Wildman–Crippen MR) is 81.9 cm³/mol. The Labute approximate surface area is 120 Å². The van der Waals surface area contributed by atoms with Crippen LogP contribution in [0.25, 0.3) is 10.8 Å². The molecule has 1 amide bonds. The van der Waals surface area contributed by atoms with E-state index in [0.29, 0.717) is 12.2 Å². The van der Waals surface area contributed by atoms with Gasteiger partial charge in [-0.15, -0.1) is 11.3 Å². The summed E-state index contributed by atoms with van der Waals surface area (Å²) in [6.45, 7) is 0.355. The van der Waals surface area contributed by atoms with E-state index in [0.717, 1.165) is 21.5 Å². The molecular formula is C15H13N3OS. The predicted octanol–water partition coefficient (Wildman–Crippen LogP) is 3.01. The smallest absolute Gasteiger partial charge is 0.275 e. The van der Waals surface area contributed by atoms with Gasteiger partial charge in [0, 0.05) is 17.6 Å². The maximum atomic E-state index is 12.1. The lowest BCUT2D eigenvalue weighted by molar-refractivity contribution is 0.102. The molecule has 0 spiro atoms. The lowest BCUT2D eigenvalue weighted by Gasteiger charge is -2.05. The van der Waals surface area contributed by atoms with E-state index in [1.807, 2.05) is 42.5 Å². The van der Waals surface area contributed by atoms with Gasteiger partial charge in [-0.3, -0.25) is 4.79 Å². The first kappa shape index (κ1) is 12.8. The highest BCUT2D eigenvalue weighted by Crippen LogP contribution is 2.19. The lowest BCUT2D eigenvalue weighted by atomic mass is 10.1. The van der Waals surface area contributed by atoms with E-state index in [9.17, 15) is 4.79 Å². The molecule has 0 fully saturated rings. The summed E-state index contributed by atoms with van der Waals surface area (Å²) in [5.74, 6) is -0.212. The van der Waals surface area contributed by atoms with Crippen molar-refractivity contribution in [2.45, 2.75) is 6.54 Å². The van der Waals surface area contributed by atoms with E-state index in [4.69, 9.17) is 5.73 Å². The fourth-order valence-electron chi connectivity index (χ4n) is 1.97. The van der Waals surface area contributed by atoms with Crippen molar-refractivity contribution in [3.05, 3.63) is 58.5 Å². The van der Waals surface area contributed by atoms with Crippen LogP contribution in [-0.2, 0) is 6.54 Å². The molecule has 0 unspecified atom stereocenters. The quantitative estimate of drug-likeness (QED) is 0.776. The van der Waals surface area contributed by atoms with Crippen molar-refractivity contribution in [3.63, 3.8) is 0 Å². The number of nitrogens with one attached hydrogen (secondary N) is 1. The SMILES string of the molecule is NCc1nc(C(=O)Nc2ccc3ccccc3c2)cs1. The monoisotopic (exact) mass is 283 g/mol. The van der Waals surface area contributed by atoms with Gasteiger partial charge in [0.1, 0.15) is 10.7 Å². The first-order valence-corrected chi connectivity index (χ1v) is 7.09.